The summed E-state index contributed by atoms with van der Waals surface area (Å²) in [6, 6.07) is 16.8. The maximum atomic E-state index is 11.8. The fourth-order valence-corrected chi connectivity index (χ4v) is 3.84. The summed E-state index contributed by atoms with van der Waals surface area (Å²) in [6.07, 6.45) is 3.93. The first-order chi connectivity index (χ1) is 15.1. The van der Waals surface area contributed by atoms with E-state index < -0.39 is 0 Å². The molecule has 0 aromatic heterocycles. The first-order valence-electron chi connectivity index (χ1n) is 11.3. The molecule has 0 radical (unpaired) electrons. The first kappa shape index (κ1) is 26.0. The van der Waals surface area contributed by atoms with Gasteiger partial charge in [-0.1, -0.05) is 31.2 Å². The Morgan fingerprint density at radius 1 is 1.12 bits per heavy atom. The number of carbonyl (C=O) groups is 1. The van der Waals surface area contributed by atoms with Crippen molar-refractivity contribution in [1.82, 2.24) is 10.6 Å². The summed E-state index contributed by atoms with van der Waals surface area (Å²) in [6.45, 7) is 7.07. The average molecular weight is 550 g/mol. The molecule has 1 aliphatic rings. The van der Waals surface area contributed by atoms with E-state index in [1.165, 1.54) is 24.1 Å². The molecule has 1 saturated heterocycles. The van der Waals surface area contributed by atoms with Crippen LogP contribution in [0.3, 0.4) is 0 Å². The zero-order valence-corrected chi connectivity index (χ0v) is 21.7. The van der Waals surface area contributed by atoms with E-state index in [9.17, 15) is 4.79 Å². The summed E-state index contributed by atoms with van der Waals surface area (Å²) in [7, 11) is 1.78. The van der Waals surface area contributed by atoms with Crippen LogP contribution in [0.5, 0.6) is 0 Å². The van der Waals surface area contributed by atoms with Crippen LogP contribution in [0, 0.1) is 0 Å². The maximum Gasteiger partial charge on any atom is 0.224 e. The second-order valence-corrected chi connectivity index (χ2v) is 8.08. The third-order valence-electron chi connectivity index (χ3n) is 5.57. The van der Waals surface area contributed by atoms with Gasteiger partial charge in [0.05, 0.1) is 6.04 Å². The SMILES string of the molecule is CCCC(=O)Nc1cccc(CNC(=NC)NC(C)c2cccc(N3CCCC3)c2)c1.I. The fourth-order valence-electron chi connectivity index (χ4n) is 3.84. The van der Waals surface area contributed by atoms with Crippen molar-refractivity contribution >= 4 is 47.2 Å². The Kier molecular flexibility index (Phi) is 10.8. The predicted molar refractivity (Wildman–Crippen MR) is 145 cm³/mol. The molecule has 2 aromatic rings. The van der Waals surface area contributed by atoms with Gasteiger partial charge in [0, 0.05) is 44.5 Å². The maximum absolute atomic E-state index is 11.8. The highest BCUT2D eigenvalue weighted by atomic mass is 127. The highest BCUT2D eigenvalue weighted by Crippen LogP contribution is 2.24. The van der Waals surface area contributed by atoms with Crippen LogP contribution < -0.4 is 20.9 Å². The van der Waals surface area contributed by atoms with E-state index in [1.54, 1.807) is 7.05 Å². The van der Waals surface area contributed by atoms with Crippen molar-refractivity contribution < 1.29 is 4.79 Å². The van der Waals surface area contributed by atoms with Crippen molar-refractivity contribution in [2.45, 2.75) is 52.1 Å². The number of benzene rings is 2. The lowest BCUT2D eigenvalue weighted by Crippen LogP contribution is -2.38. The van der Waals surface area contributed by atoms with Gasteiger partial charge < -0.3 is 20.9 Å². The fraction of sp³-hybridized carbons (Fsp3) is 0.440. The Morgan fingerprint density at radius 3 is 2.59 bits per heavy atom. The molecule has 1 fully saturated rings. The Bertz CT molecular complexity index is 895. The molecule has 0 saturated carbocycles. The van der Waals surface area contributed by atoms with E-state index >= 15 is 0 Å². The van der Waals surface area contributed by atoms with Gasteiger partial charge in [-0.05, 0) is 61.6 Å². The lowest BCUT2D eigenvalue weighted by Gasteiger charge is -2.22. The molecule has 0 spiro atoms. The predicted octanol–water partition coefficient (Wildman–Crippen LogP) is 5.07. The Hall–Kier alpha value is -2.29. The van der Waals surface area contributed by atoms with Gasteiger partial charge in [0.2, 0.25) is 5.91 Å². The van der Waals surface area contributed by atoms with E-state index in [2.05, 4.69) is 57.0 Å². The molecule has 3 rings (SSSR count). The van der Waals surface area contributed by atoms with Crippen molar-refractivity contribution in [3.05, 3.63) is 59.7 Å². The van der Waals surface area contributed by atoms with Crippen molar-refractivity contribution in [2.24, 2.45) is 4.99 Å². The molecule has 0 bridgehead atoms. The van der Waals surface area contributed by atoms with Gasteiger partial charge in [-0.15, -0.1) is 24.0 Å². The smallest absolute Gasteiger partial charge is 0.224 e. The molecule has 7 heteroatoms. The normalized spacial score (nSPS) is 14.5. The summed E-state index contributed by atoms with van der Waals surface area (Å²) in [5.74, 6) is 0.801. The molecule has 1 amide bonds. The number of carbonyl (C=O) groups excluding carboxylic acids is 1. The van der Waals surface area contributed by atoms with Crippen LogP contribution in [-0.2, 0) is 11.3 Å². The highest BCUT2D eigenvalue weighted by molar-refractivity contribution is 14.0. The summed E-state index contributed by atoms with van der Waals surface area (Å²) in [5.41, 5.74) is 4.45. The van der Waals surface area contributed by atoms with Gasteiger partial charge in [-0.2, -0.15) is 0 Å². The van der Waals surface area contributed by atoms with Crippen molar-refractivity contribution in [3.63, 3.8) is 0 Å². The van der Waals surface area contributed by atoms with Crippen molar-refractivity contribution in [1.29, 1.82) is 0 Å². The highest BCUT2D eigenvalue weighted by Gasteiger charge is 2.14. The second kappa shape index (κ2) is 13.3. The van der Waals surface area contributed by atoms with Crippen LogP contribution in [-0.4, -0.2) is 32.0 Å². The largest absolute Gasteiger partial charge is 0.372 e. The van der Waals surface area contributed by atoms with Crippen LogP contribution >= 0.6 is 24.0 Å². The number of guanidine groups is 1. The number of amides is 1. The Labute approximate surface area is 209 Å². The molecule has 174 valence electrons. The number of aliphatic imine (C=N–C) groups is 1. The molecular weight excluding hydrogens is 513 g/mol. The molecule has 32 heavy (non-hydrogen) atoms. The average Bonchev–Trinajstić information content (AvgIpc) is 3.32. The molecule has 6 nitrogen and oxygen atoms in total. The van der Waals surface area contributed by atoms with E-state index in [1.807, 2.05) is 31.2 Å². The molecular formula is C25H36IN5O. The molecule has 0 aliphatic carbocycles. The molecule has 1 heterocycles. The van der Waals surface area contributed by atoms with Gasteiger partial charge in [-0.25, -0.2) is 0 Å². The van der Waals surface area contributed by atoms with Crippen LogP contribution in [0.25, 0.3) is 0 Å². The topological polar surface area (TPSA) is 68.8 Å². The number of rotatable bonds is 8. The molecule has 3 N–H and O–H groups in total. The Morgan fingerprint density at radius 2 is 1.88 bits per heavy atom. The monoisotopic (exact) mass is 549 g/mol. The first-order valence-corrected chi connectivity index (χ1v) is 11.3. The summed E-state index contributed by atoms with van der Waals surface area (Å²) >= 11 is 0. The third-order valence-corrected chi connectivity index (χ3v) is 5.57. The minimum atomic E-state index is 0. The zero-order valence-electron chi connectivity index (χ0n) is 19.4. The minimum Gasteiger partial charge on any atom is -0.372 e. The number of nitrogens with one attached hydrogen (secondary N) is 3. The quantitative estimate of drug-likeness (QED) is 0.245. The Balaban J connectivity index is 0.00000363. The molecule has 1 unspecified atom stereocenters. The molecule has 1 aliphatic heterocycles. The van der Waals surface area contributed by atoms with Crippen molar-refractivity contribution in [2.75, 3.05) is 30.4 Å². The van der Waals surface area contributed by atoms with Crippen LogP contribution in [0.15, 0.2) is 53.5 Å². The van der Waals surface area contributed by atoms with Gasteiger partial charge >= 0.3 is 0 Å². The van der Waals surface area contributed by atoms with E-state index in [4.69, 9.17) is 0 Å². The van der Waals surface area contributed by atoms with Crippen LogP contribution in [0.4, 0.5) is 11.4 Å². The van der Waals surface area contributed by atoms with Crippen molar-refractivity contribution in [3.8, 4) is 0 Å². The minimum absolute atomic E-state index is 0. The van der Waals surface area contributed by atoms with Gasteiger partial charge in [0.15, 0.2) is 5.96 Å². The third kappa shape index (κ3) is 7.69. The lowest BCUT2D eigenvalue weighted by molar-refractivity contribution is -0.116. The molecule has 1 atom stereocenters. The van der Waals surface area contributed by atoms with Gasteiger partial charge in [0.25, 0.3) is 0 Å². The number of nitrogens with zero attached hydrogens (tertiary/aromatic N) is 2. The van der Waals surface area contributed by atoms with Crippen LogP contribution in [0.1, 0.15) is 56.7 Å². The summed E-state index contributed by atoms with van der Waals surface area (Å²) < 4.78 is 0. The molecule has 2 aromatic carbocycles. The van der Waals surface area contributed by atoms with E-state index in [-0.39, 0.29) is 35.9 Å². The van der Waals surface area contributed by atoms with Gasteiger partial charge in [0.1, 0.15) is 0 Å². The number of anilines is 2. The number of hydrogen-bond donors (Lipinski definition) is 3. The summed E-state index contributed by atoms with van der Waals surface area (Å²) in [5, 5.41) is 9.81. The number of hydrogen-bond acceptors (Lipinski definition) is 3. The lowest BCUT2D eigenvalue weighted by atomic mass is 10.1. The zero-order chi connectivity index (χ0) is 22.1. The second-order valence-electron chi connectivity index (χ2n) is 8.08. The van der Waals surface area contributed by atoms with Crippen LogP contribution in [0.2, 0.25) is 0 Å². The summed E-state index contributed by atoms with van der Waals surface area (Å²) in [4.78, 5) is 18.7. The van der Waals surface area contributed by atoms with E-state index in [0.29, 0.717) is 13.0 Å². The van der Waals surface area contributed by atoms with E-state index in [0.717, 1.165) is 36.7 Å². The standard InChI is InChI=1S/C25H35N5O.HI/c1-4-9-24(31)29-22-12-7-10-20(16-22)18-27-25(26-3)28-19(2)21-11-8-13-23(17-21)30-14-5-6-15-30;/h7-8,10-13,16-17,19H,4-6,9,14-15,18H2,1-3H3,(H,29,31)(H2,26,27,28);1H. The number of halogens is 1. The van der Waals surface area contributed by atoms with Gasteiger partial charge in [-0.3, -0.25) is 9.79 Å².